The van der Waals surface area contributed by atoms with Gasteiger partial charge in [0.05, 0.1) is 6.04 Å². The van der Waals surface area contributed by atoms with E-state index in [4.69, 9.17) is 5.73 Å². The summed E-state index contributed by atoms with van der Waals surface area (Å²) in [5, 5.41) is 1.01. The topological polar surface area (TPSA) is 29.3 Å². The fourth-order valence-electron chi connectivity index (χ4n) is 3.28. The number of likely N-dealkylation sites (N-methyl/N-ethyl adjacent to an activating group) is 1. The van der Waals surface area contributed by atoms with Gasteiger partial charge in [-0.05, 0) is 47.6 Å². The van der Waals surface area contributed by atoms with Crippen LogP contribution in [-0.2, 0) is 6.42 Å². The van der Waals surface area contributed by atoms with Crippen LogP contribution in [0.15, 0.2) is 42.5 Å². The highest BCUT2D eigenvalue weighted by atomic mass is 31.0. The Kier molecular flexibility index (Phi) is 4.77. The summed E-state index contributed by atoms with van der Waals surface area (Å²) in [4.78, 5) is 1.98. The van der Waals surface area contributed by atoms with Crippen LogP contribution in [0.4, 0.5) is 8.78 Å². The van der Waals surface area contributed by atoms with Crippen molar-refractivity contribution in [3.05, 3.63) is 53.8 Å². The molecule has 4 unspecified atom stereocenters. The second-order valence-electron chi connectivity index (χ2n) is 6.19. The third-order valence-corrected chi connectivity index (χ3v) is 5.33. The lowest BCUT2D eigenvalue weighted by atomic mass is 9.96. The van der Waals surface area contributed by atoms with Gasteiger partial charge >= 0.3 is 0 Å². The number of likely N-dealkylation sites (tertiary alicyclic amines) is 1. The number of benzene rings is 2. The van der Waals surface area contributed by atoms with Crippen LogP contribution in [0.25, 0.3) is 11.1 Å². The van der Waals surface area contributed by atoms with Crippen LogP contribution in [-0.4, -0.2) is 36.7 Å². The first-order valence-electron chi connectivity index (χ1n) is 7.70. The Morgan fingerprint density at radius 2 is 2.00 bits per heavy atom. The van der Waals surface area contributed by atoms with Crippen molar-refractivity contribution in [3.8, 4) is 11.1 Å². The Bertz CT molecular complexity index is 707. The molecular weight excluding hydrogens is 313 g/mol. The zero-order valence-corrected chi connectivity index (χ0v) is 14.2. The number of hydrogen-bond acceptors (Lipinski definition) is 2. The van der Waals surface area contributed by atoms with Crippen LogP contribution in [0.5, 0.6) is 0 Å². The molecule has 2 aromatic carbocycles. The van der Waals surface area contributed by atoms with Crippen molar-refractivity contribution in [2.45, 2.75) is 24.7 Å². The summed E-state index contributed by atoms with van der Waals surface area (Å²) in [7, 11) is 4.65. The molecule has 4 atom stereocenters. The third kappa shape index (κ3) is 3.30. The Morgan fingerprint density at radius 1 is 1.26 bits per heavy atom. The summed E-state index contributed by atoms with van der Waals surface area (Å²) >= 11 is 0. The van der Waals surface area contributed by atoms with Crippen LogP contribution in [0.3, 0.4) is 0 Å². The average Bonchev–Trinajstić information content (AvgIpc) is 2.75. The maximum Gasteiger partial charge on any atom is 0.129 e. The highest BCUT2D eigenvalue weighted by molar-refractivity contribution is 7.28. The van der Waals surface area contributed by atoms with Gasteiger partial charge in [-0.3, -0.25) is 4.90 Å². The van der Waals surface area contributed by atoms with Crippen molar-refractivity contribution in [2.75, 3.05) is 13.6 Å². The zero-order chi connectivity index (χ0) is 16.6. The second kappa shape index (κ2) is 6.64. The molecule has 2 N–H and O–H groups in total. The van der Waals surface area contributed by atoms with Crippen LogP contribution < -0.4 is 11.0 Å². The molecule has 0 amide bonds. The molecule has 0 spiro atoms. The highest BCUT2D eigenvalue weighted by Gasteiger charge is 2.37. The Hall–Kier alpha value is -1.35. The molecule has 122 valence electrons. The molecule has 0 radical (unpaired) electrons. The molecule has 5 heteroatoms. The minimum Gasteiger partial charge on any atom is -0.324 e. The van der Waals surface area contributed by atoms with E-state index in [0.29, 0.717) is 13.0 Å². The number of halogens is 2. The first kappa shape index (κ1) is 16.5. The van der Waals surface area contributed by atoms with E-state index in [1.165, 1.54) is 12.1 Å². The average molecular weight is 334 g/mol. The van der Waals surface area contributed by atoms with Gasteiger partial charge in [0, 0.05) is 12.6 Å². The van der Waals surface area contributed by atoms with Crippen molar-refractivity contribution in [2.24, 2.45) is 5.73 Å². The summed E-state index contributed by atoms with van der Waals surface area (Å²) in [5.41, 5.74) is 8.91. The molecule has 23 heavy (non-hydrogen) atoms. The predicted octanol–water partition coefficient (Wildman–Crippen LogP) is 2.52. The lowest BCUT2D eigenvalue weighted by Gasteiger charge is -2.24. The van der Waals surface area contributed by atoms with Crippen molar-refractivity contribution < 1.29 is 8.78 Å². The first-order chi connectivity index (χ1) is 11.0. The van der Waals surface area contributed by atoms with E-state index in [2.05, 4.69) is 9.24 Å². The molecule has 1 fully saturated rings. The number of hydrogen-bond donors (Lipinski definition) is 1. The number of nitrogens with two attached hydrogens (primary N) is 1. The lowest BCUT2D eigenvalue weighted by molar-refractivity contribution is 0.292. The van der Waals surface area contributed by atoms with Crippen LogP contribution in [0.2, 0.25) is 0 Å². The maximum atomic E-state index is 13.8. The van der Waals surface area contributed by atoms with E-state index in [9.17, 15) is 8.78 Å². The summed E-state index contributed by atoms with van der Waals surface area (Å²) in [6.45, 7) is 0.377. The van der Waals surface area contributed by atoms with Gasteiger partial charge in [0.2, 0.25) is 0 Å². The normalized spacial score (nSPS) is 25.0. The van der Waals surface area contributed by atoms with Gasteiger partial charge in [-0.25, -0.2) is 8.78 Å². The van der Waals surface area contributed by atoms with Gasteiger partial charge in [-0.1, -0.05) is 30.3 Å². The third-order valence-electron chi connectivity index (χ3n) is 4.65. The minimum atomic E-state index is -0.982. The fraction of sp³-hybridized carbons (Fsp3) is 0.333. The monoisotopic (exact) mass is 334 g/mol. The minimum absolute atomic E-state index is 0.0212. The molecule has 3 rings (SSSR count). The van der Waals surface area contributed by atoms with Crippen molar-refractivity contribution >= 4 is 14.5 Å². The molecule has 1 saturated heterocycles. The lowest BCUT2D eigenvalue weighted by Crippen LogP contribution is -2.42. The van der Waals surface area contributed by atoms with Crippen molar-refractivity contribution in [3.63, 3.8) is 0 Å². The van der Waals surface area contributed by atoms with Crippen LogP contribution in [0.1, 0.15) is 5.56 Å². The number of rotatable bonds is 3. The van der Waals surface area contributed by atoms with E-state index >= 15 is 0 Å². The molecule has 0 aromatic heterocycles. The zero-order valence-electron chi connectivity index (χ0n) is 13.0. The number of nitrogens with zero attached hydrogens (tertiary/aromatic N) is 1. The molecule has 0 saturated carbocycles. The van der Waals surface area contributed by atoms with E-state index < -0.39 is 12.2 Å². The van der Waals surface area contributed by atoms with Gasteiger partial charge in [-0.2, -0.15) is 0 Å². The van der Waals surface area contributed by atoms with E-state index in [-0.39, 0.29) is 11.9 Å². The van der Waals surface area contributed by atoms with Gasteiger partial charge in [-0.15, -0.1) is 9.24 Å². The summed E-state index contributed by atoms with van der Waals surface area (Å²) in [5.74, 6) is -0.255. The Labute approximate surface area is 137 Å². The van der Waals surface area contributed by atoms with Crippen LogP contribution in [0, 0.1) is 5.82 Å². The molecule has 2 nitrogen and oxygen atoms in total. The highest BCUT2D eigenvalue weighted by Crippen LogP contribution is 2.25. The summed E-state index contributed by atoms with van der Waals surface area (Å²) < 4.78 is 27.3. The SMILES string of the molecule is CN1CC(F)C(N)C1Cc1cccc(-c2cccc(F)c2)c1P. The predicted molar refractivity (Wildman–Crippen MR) is 94.2 cm³/mol. The van der Waals surface area contributed by atoms with E-state index in [1.807, 2.05) is 36.2 Å². The molecule has 0 aliphatic carbocycles. The molecule has 1 aliphatic heterocycles. The van der Waals surface area contributed by atoms with E-state index in [0.717, 1.165) is 22.0 Å². The molecule has 1 heterocycles. The van der Waals surface area contributed by atoms with Gasteiger partial charge < -0.3 is 5.73 Å². The summed E-state index contributed by atoms with van der Waals surface area (Å²) in [6, 6.07) is 12.0. The largest absolute Gasteiger partial charge is 0.324 e. The fourth-order valence-corrected chi connectivity index (χ4v) is 3.76. The molecule has 2 aromatic rings. The van der Waals surface area contributed by atoms with Crippen LogP contribution >= 0.6 is 9.24 Å². The molecule has 1 aliphatic rings. The Morgan fingerprint density at radius 3 is 2.65 bits per heavy atom. The van der Waals surface area contributed by atoms with Gasteiger partial charge in [0.25, 0.3) is 0 Å². The number of alkyl halides is 1. The Balaban J connectivity index is 1.91. The van der Waals surface area contributed by atoms with Crippen molar-refractivity contribution in [1.82, 2.24) is 4.90 Å². The summed E-state index contributed by atoms with van der Waals surface area (Å²) in [6.07, 6.45) is -0.301. The smallest absolute Gasteiger partial charge is 0.129 e. The molecular formula is C18H21F2N2P. The quantitative estimate of drug-likeness (QED) is 0.874. The second-order valence-corrected chi connectivity index (χ2v) is 6.77. The molecule has 0 bridgehead atoms. The van der Waals surface area contributed by atoms with E-state index in [1.54, 1.807) is 6.07 Å². The standard InChI is InChI=1S/C18H21F2N2P/c1-22-10-15(20)17(21)16(22)9-12-5-3-7-14(18(12)23)11-4-2-6-13(19)8-11/h2-8,15-17H,9-10,21,23H2,1H3. The van der Waals surface area contributed by atoms with Gasteiger partial charge in [0.1, 0.15) is 12.0 Å². The van der Waals surface area contributed by atoms with Gasteiger partial charge in [0.15, 0.2) is 0 Å². The van der Waals surface area contributed by atoms with Crippen molar-refractivity contribution in [1.29, 1.82) is 0 Å². The maximum absolute atomic E-state index is 13.8. The first-order valence-corrected chi connectivity index (χ1v) is 8.28.